The van der Waals surface area contributed by atoms with Crippen LogP contribution in [0, 0.1) is 0 Å². The molecule has 0 unspecified atom stereocenters. The Hall–Kier alpha value is -2.07. The molecule has 2 aromatic rings. The van der Waals surface area contributed by atoms with Crippen LogP contribution in [-0.2, 0) is 0 Å². The molecular weight excluding hydrogens is 270 g/mol. The third kappa shape index (κ3) is 3.27. The van der Waals surface area contributed by atoms with E-state index in [0.29, 0.717) is 16.9 Å². The van der Waals surface area contributed by atoms with Gasteiger partial charge >= 0.3 is 0 Å². The minimum atomic E-state index is -0.298. The zero-order valence-electron chi connectivity index (χ0n) is 10.9. The second-order valence-corrected chi connectivity index (χ2v) is 4.66. The van der Waals surface area contributed by atoms with Crippen molar-refractivity contribution < 1.29 is 9.59 Å². The van der Waals surface area contributed by atoms with Crippen LogP contribution < -0.4 is 0 Å². The number of rotatable bonds is 4. The number of benzene rings is 2. The largest absolute Gasteiger partial charge is 0.274 e. The third-order valence-electron chi connectivity index (χ3n) is 2.86. The minimum Gasteiger partial charge on any atom is -0.274 e. The maximum Gasteiger partial charge on any atom is 0.260 e. The summed E-state index contributed by atoms with van der Waals surface area (Å²) in [6, 6.07) is 17.6. The van der Waals surface area contributed by atoms with Crippen LogP contribution in [-0.4, -0.2) is 29.0 Å². The van der Waals surface area contributed by atoms with Crippen LogP contribution in [0.1, 0.15) is 20.7 Å². The number of thiol groups is 1. The third-order valence-corrected chi connectivity index (χ3v) is 3.06. The molecule has 0 atom stereocenters. The van der Waals surface area contributed by atoms with Crippen molar-refractivity contribution in [3.8, 4) is 0 Å². The molecule has 2 aromatic carbocycles. The highest BCUT2D eigenvalue weighted by Crippen LogP contribution is 2.10. The molecule has 0 saturated carbocycles. The van der Waals surface area contributed by atoms with E-state index >= 15 is 0 Å². The van der Waals surface area contributed by atoms with Crippen molar-refractivity contribution in [1.29, 1.82) is 0 Å². The summed E-state index contributed by atoms with van der Waals surface area (Å²) in [5.74, 6) is -0.168. The molecule has 0 N–H and O–H groups in total. The first-order valence-corrected chi connectivity index (χ1v) is 6.94. The number of hydrogen-bond acceptors (Lipinski definition) is 3. The van der Waals surface area contributed by atoms with E-state index in [1.807, 2.05) is 12.1 Å². The second-order valence-electron chi connectivity index (χ2n) is 4.22. The number of nitrogens with zero attached hydrogens (tertiary/aromatic N) is 1. The molecule has 0 spiro atoms. The summed E-state index contributed by atoms with van der Waals surface area (Å²) in [5, 5.41) is 0. The second kappa shape index (κ2) is 6.91. The fraction of sp³-hybridized carbons (Fsp3) is 0.125. The molecule has 0 radical (unpaired) electrons. The number of carbonyl (C=O) groups excluding carboxylic acids is 2. The van der Waals surface area contributed by atoms with Gasteiger partial charge < -0.3 is 0 Å². The first-order chi connectivity index (χ1) is 9.74. The monoisotopic (exact) mass is 285 g/mol. The van der Waals surface area contributed by atoms with Gasteiger partial charge in [0, 0.05) is 23.4 Å². The molecule has 4 heteroatoms. The smallest absolute Gasteiger partial charge is 0.260 e. The van der Waals surface area contributed by atoms with Gasteiger partial charge in [-0.05, 0) is 24.3 Å². The van der Waals surface area contributed by atoms with Crippen molar-refractivity contribution in [2.45, 2.75) is 0 Å². The number of hydrogen-bond donors (Lipinski definition) is 1. The Morgan fingerprint density at radius 1 is 0.800 bits per heavy atom. The van der Waals surface area contributed by atoms with E-state index in [4.69, 9.17) is 0 Å². The average molecular weight is 285 g/mol. The topological polar surface area (TPSA) is 37.4 Å². The van der Waals surface area contributed by atoms with Crippen molar-refractivity contribution in [2.24, 2.45) is 0 Å². The van der Waals surface area contributed by atoms with Crippen LogP contribution in [0.5, 0.6) is 0 Å². The molecule has 0 fully saturated rings. The van der Waals surface area contributed by atoms with E-state index in [2.05, 4.69) is 12.6 Å². The Labute approximate surface area is 123 Å². The maximum absolute atomic E-state index is 12.4. The van der Waals surface area contributed by atoms with Gasteiger partial charge in [0.2, 0.25) is 0 Å². The van der Waals surface area contributed by atoms with Crippen molar-refractivity contribution in [3.63, 3.8) is 0 Å². The van der Waals surface area contributed by atoms with E-state index in [1.165, 1.54) is 4.90 Å². The van der Waals surface area contributed by atoms with E-state index < -0.39 is 0 Å². The molecule has 0 bridgehead atoms. The lowest BCUT2D eigenvalue weighted by Crippen LogP contribution is -2.38. The van der Waals surface area contributed by atoms with Gasteiger partial charge in [-0.2, -0.15) is 12.6 Å². The average Bonchev–Trinajstić information content (AvgIpc) is 2.53. The molecule has 0 saturated heterocycles. The van der Waals surface area contributed by atoms with Gasteiger partial charge in [-0.1, -0.05) is 36.4 Å². The van der Waals surface area contributed by atoms with Crippen molar-refractivity contribution >= 4 is 24.4 Å². The lowest BCUT2D eigenvalue weighted by Gasteiger charge is -2.20. The van der Waals surface area contributed by atoms with E-state index in [-0.39, 0.29) is 18.4 Å². The van der Waals surface area contributed by atoms with Crippen LogP contribution >= 0.6 is 12.6 Å². The molecule has 2 amide bonds. The highest BCUT2D eigenvalue weighted by molar-refractivity contribution is 7.80. The molecular formula is C16H15NO2S. The fourth-order valence-corrected chi connectivity index (χ4v) is 2.07. The van der Waals surface area contributed by atoms with Gasteiger partial charge in [-0.25, -0.2) is 0 Å². The van der Waals surface area contributed by atoms with Crippen molar-refractivity contribution in [3.05, 3.63) is 71.8 Å². The Morgan fingerprint density at radius 3 is 1.55 bits per heavy atom. The fourth-order valence-electron chi connectivity index (χ4n) is 1.87. The summed E-state index contributed by atoms with van der Waals surface area (Å²) in [7, 11) is 0. The zero-order chi connectivity index (χ0) is 14.4. The predicted molar refractivity (Wildman–Crippen MR) is 82.1 cm³/mol. The predicted octanol–water partition coefficient (Wildman–Crippen LogP) is 2.90. The number of carbonyl (C=O) groups is 2. The van der Waals surface area contributed by atoms with Crippen LogP contribution in [0.4, 0.5) is 0 Å². The van der Waals surface area contributed by atoms with Crippen LogP contribution in [0.3, 0.4) is 0 Å². The van der Waals surface area contributed by atoms with Gasteiger partial charge in [0.25, 0.3) is 11.8 Å². The van der Waals surface area contributed by atoms with Crippen molar-refractivity contribution in [2.75, 3.05) is 12.3 Å². The van der Waals surface area contributed by atoms with Gasteiger partial charge in [0.05, 0.1) is 0 Å². The normalized spacial score (nSPS) is 10.1. The van der Waals surface area contributed by atoms with Crippen LogP contribution in [0.25, 0.3) is 0 Å². The van der Waals surface area contributed by atoms with Gasteiger partial charge in [-0.3, -0.25) is 14.5 Å². The lowest BCUT2D eigenvalue weighted by atomic mass is 10.1. The van der Waals surface area contributed by atoms with Crippen LogP contribution in [0.15, 0.2) is 60.7 Å². The number of imide groups is 1. The standard InChI is InChI=1S/C16H15NO2S/c18-15(13-7-3-1-4-8-13)17(11-12-20)16(19)14-9-5-2-6-10-14/h1-10,20H,11-12H2. The number of amides is 2. The lowest BCUT2D eigenvalue weighted by molar-refractivity contribution is 0.0626. The first kappa shape index (κ1) is 14.3. The minimum absolute atomic E-state index is 0.282. The molecule has 0 aliphatic heterocycles. The Balaban J connectivity index is 2.27. The summed E-state index contributed by atoms with van der Waals surface area (Å²) < 4.78 is 0. The summed E-state index contributed by atoms with van der Waals surface area (Å²) in [5.41, 5.74) is 0.997. The molecule has 0 aromatic heterocycles. The molecule has 102 valence electrons. The molecule has 0 aliphatic rings. The highest BCUT2D eigenvalue weighted by Gasteiger charge is 2.22. The highest BCUT2D eigenvalue weighted by atomic mass is 32.1. The van der Waals surface area contributed by atoms with Gasteiger partial charge in [-0.15, -0.1) is 0 Å². The Kier molecular flexibility index (Phi) is 4.96. The first-order valence-electron chi connectivity index (χ1n) is 6.31. The molecule has 2 rings (SSSR count). The quantitative estimate of drug-likeness (QED) is 0.693. The molecule has 0 aliphatic carbocycles. The zero-order valence-corrected chi connectivity index (χ0v) is 11.8. The molecule has 20 heavy (non-hydrogen) atoms. The van der Waals surface area contributed by atoms with Crippen molar-refractivity contribution in [1.82, 2.24) is 4.90 Å². The summed E-state index contributed by atoms with van der Waals surface area (Å²) in [6.45, 7) is 0.282. The summed E-state index contributed by atoms with van der Waals surface area (Å²) in [6.07, 6.45) is 0. The van der Waals surface area contributed by atoms with E-state index in [0.717, 1.165) is 0 Å². The Bertz CT molecular complexity index is 532. The molecule has 3 nitrogen and oxygen atoms in total. The summed E-state index contributed by atoms with van der Waals surface area (Å²) >= 11 is 4.13. The maximum atomic E-state index is 12.4. The summed E-state index contributed by atoms with van der Waals surface area (Å²) in [4.78, 5) is 26.1. The van der Waals surface area contributed by atoms with E-state index in [1.54, 1.807) is 48.5 Å². The van der Waals surface area contributed by atoms with Crippen LogP contribution in [0.2, 0.25) is 0 Å². The van der Waals surface area contributed by atoms with E-state index in [9.17, 15) is 9.59 Å². The molecule has 0 heterocycles. The Morgan fingerprint density at radius 2 is 1.20 bits per heavy atom. The SMILES string of the molecule is O=C(c1ccccc1)N(CCS)C(=O)c1ccccc1. The van der Waals surface area contributed by atoms with Gasteiger partial charge in [0.1, 0.15) is 0 Å². The van der Waals surface area contributed by atoms with Gasteiger partial charge in [0.15, 0.2) is 0 Å².